The molecule has 0 amide bonds. The van der Waals surface area contributed by atoms with Gasteiger partial charge in [-0.3, -0.25) is 0 Å². The highest BCUT2D eigenvalue weighted by atomic mass is 16.3. The standard InChI is InChI=1S/C12H28N2O/c1-5-6-7-9-14(4)10-8-12(2,11-15)13-3/h13,15H,5-11H2,1-4H3. The van der Waals surface area contributed by atoms with Gasteiger partial charge in [0.2, 0.25) is 0 Å². The Morgan fingerprint density at radius 2 is 1.93 bits per heavy atom. The van der Waals surface area contributed by atoms with Crippen LogP contribution in [0.4, 0.5) is 0 Å². The fraction of sp³-hybridized carbons (Fsp3) is 1.00. The maximum Gasteiger partial charge on any atom is 0.0610 e. The summed E-state index contributed by atoms with van der Waals surface area (Å²) in [7, 11) is 4.07. The van der Waals surface area contributed by atoms with Gasteiger partial charge in [-0.05, 0) is 47.0 Å². The maximum atomic E-state index is 9.23. The smallest absolute Gasteiger partial charge is 0.0610 e. The van der Waals surface area contributed by atoms with Gasteiger partial charge in [-0.25, -0.2) is 0 Å². The van der Waals surface area contributed by atoms with E-state index in [2.05, 4.69) is 31.1 Å². The summed E-state index contributed by atoms with van der Waals surface area (Å²) in [5, 5.41) is 12.4. The van der Waals surface area contributed by atoms with Crippen molar-refractivity contribution in [1.82, 2.24) is 10.2 Å². The van der Waals surface area contributed by atoms with Crippen LogP contribution in [0, 0.1) is 0 Å². The Balaban J connectivity index is 3.64. The van der Waals surface area contributed by atoms with Crippen LogP contribution >= 0.6 is 0 Å². The Morgan fingerprint density at radius 3 is 2.40 bits per heavy atom. The lowest BCUT2D eigenvalue weighted by Crippen LogP contribution is -2.45. The summed E-state index contributed by atoms with van der Waals surface area (Å²) in [6.45, 7) is 6.70. The second kappa shape index (κ2) is 8.08. The van der Waals surface area contributed by atoms with Gasteiger partial charge in [0.1, 0.15) is 0 Å². The third-order valence-electron chi connectivity index (χ3n) is 3.14. The second-order valence-corrected chi connectivity index (χ2v) is 4.73. The zero-order valence-electron chi connectivity index (χ0n) is 10.8. The number of aliphatic hydroxyl groups is 1. The van der Waals surface area contributed by atoms with E-state index in [0.29, 0.717) is 0 Å². The molecule has 1 unspecified atom stereocenters. The molecule has 0 heterocycles. The molecule has 0 rings (SSSR count). The van der Waals surface area contributed by atoms with E-state index in [0.717, 1.165) is 13.0 Å². The van der Waals surface area contributed by atoms with Gasteiger partial charge in [0.05, 0.1) is 6.61 Å². The van der Waals surface area contributed by atoms with Crippen molar-refractivity contribution in [2.45, 2.75) is 45.1 Å². The molecule has 0 aliphatic carbocycles. The summed E-state index contributed by atoms with van der Waals surface area (Å²) in [6.07, 6.45) is 4.86. The van der Waals surface area contributed by atoms with Crippen LogP contribution in [0.2, 0.25) is 0 Å². The summed E-state index contributed by atoms with van der Waals surface area (Å²) < 4.78 is 0. The first-order valence-electron chi connectivity index (χ1n) is 6.06. The van der Waals surface area contributed by atoms with Crippen LogP contribution in [-0.2, 0) is 0 Å². The van der Waals surface area contributed by atoms with Crippen molar-refractivity contribution >= 4 is 0 Å². The van der Waals surface area contributed by atoms with Crippen molar-refractivity contribution in [1.29, 1.82) is 0 Å². The number of nitrogens with one attached hydrogen (secondary N) is 1. The van der Waals surface area contributed by atoms with Crippen LogP contribution < -0.4 is 5.32 Å². The Bertz CT molecular complexity index is 147. The van der Waals surface area contributed by atoms with Crippen LogP contribution in [0.5, 0.6) is 0 Å². The van der Waals surface area contributed by atoms with Crippen molar-refractivity contribution in [3.05, 3.63) is 0 Å². The minimum atomic E-state index is -0.126. The highest BCUT2D eigenvalue weighted by Crippen LogP contribution is 2.08. The minimum absolute atomic E-state index is 0.126. The fourth-order valence-corrected chi connectivity index (χ4v) is 1.46. The molecule has 3 heteroatoms. The lowest BCUT2D eigenvalue weighted by Gasteiger charge is -2.29. The van der Waals surface area contributed by atoms with E-state index in [1.165, 1.54) is 25.8 Å². The monoisotopic (exact) mass is 216 g/mol. The predicted octanol–water partition coefficient (Wildman–Crippen LogP) is 1.47. The Labute approximate surface area is 94.9 Å². The van der Waals surface area contributed by atoms with Crippen LogP contribution in [-0.4, -0.2) is 49.3 Å². The van der Waals surface area contributed by atoms with Crippen molar-refractivity contribution in [2.24, 2.45) is 0 Å². The fourth-order valence-electron chi connectivity index (χ4n) is 1.46. The molecule has 0 spiro atoms. The van der Waals surface area contributed by atoms with E-state index >= 15 is 0 Å². The van der Waals surface area contributed by atoms with Crippen molar-refractivity contribution in [3.63, 3.8) is 0 Å². The molecule has 0 bridgehead atoms. The summed E-state index contributed by atoms with van der Waals surface area (Å²) in [4.78, 5) is 2.35. The molecule has 15 heavy (non-hydrogen) atoms. The van der Waals surface area contributed by atoms with Gasteiger partial charge >= 0.3 is 0 Å². The number of hydrogen-bond acceptors (Lipinski definition) is 3. The van der Waals surface area contributed by atoms with Crippen LogP contribution in [0.1, 0.15) is 39.5 Å². The number of hydrogen-bond donors (Lipinski definition) is 2. The quantitative estimate of drug-likeness (QED) is 0.573. The highest BCUT2D eigenvalue weighted by Gasteiger charge is 2.20. The molecule has 0 aromatic rings. The predicted molar refractivity (Wildman–Crippen MR) is 66.2 cm³/mol. The summed E-state index contributed by atoms with van der Waals surface area (Å²) in [6, 6.07) is 0. The number of aliphatic hydroxyl groups excluding tert-OH is 1. The first-order valence-corrected chi connectivity index (χ1v) is 6.06. The van der Waals surface area contributed by atoms with E-state index in [-0.39, 0.29) is 12.1 Å². The number of likely N-dealkylation sites (N-methyl/N-ethyl adjacent to an activating group) is 1. The molecule has 0 aliphatic heterocycles. The van der Waals surface area contributed by atoms with Gasteiger partial charge in [0, 0.05) is 5.54 Å². The van der Waals surface area contributed by atoms with Crippen molar-refractivity contribution in [2.75, 3.05) is 33.8 Å². The molecule has 0 saturated heterocycles. The lowest BCUT2D eigenvalue weighted by molar-refractivity contribution is 0.158. The molecule has 0 saturated carbocycles. The van der Waals surface area contributed by atoms with Crippen LogP contribution in [0.25, 0.3) is 0 Å². The zero-order valence-corrected chi connectivity index (χ0v) is 10.8. The SMILES string of the molecule is CCCCCN(C)CCC(C)(CO)NC. The van der Waals surface area contributed by atoms with Crippen LogP contribution in [0.15, 0.2) is 0 Å². The lowest BCUT2D eigenvalue weighted by atomic mass is 9.99. The molecule has 2 N–H and O–H groups in total. The van der Waals surface area contributed by atoms with Gasteiger partial charge in [-0.15, -0.1) is 0 Å². The molecule has 0 aromatic heterocycles. The van der Waals surface area contributed by atoms with Crippen molar-refractivity contribution < 1.29 is 5.11 Å². The maximum absolute atomic E-state index is 9.23. The Morgan fingerprint density at radius 1 is 1.27 bits per heavy atom. The second-order valence-electron chi connectivity index (χ2n) is 4.73. The van der Waals surface area contributed by atoms with Gasteiger partial charge in [-0.1, -0.05) is 19.8 Å². The summed E-state index contributed by atoms with van der Waals surface area (Å²) in [5.41, 5.74) is -0.126. The molecule has 3 nitrogen and oxygen atoms in total. The molecule has 0 aromatic carbocycles. The molecule has 1 atom stereocenters. The van der Waals surface area contributed by atoms with Gasteiger partial charge in [0.25, 0.3) is 0 Å². The van der Waals surface area contributed by atoms with E-state index in [4.69, 9.17) is 0 Å². The molecular formula is C12H28N2O. The van der Waals surface area contributed by atoms with Crippen LogP contribution in [0.3, 0.4) is 0 Å². The molecule has 0 radical (unpaired) electrons. The number of rotatable bonds is 9. The summed E-state index contributed by atoms with van der Waals surface area (Å²) in [5.74, 6) is 0. The van der Waals surface area contributed by atoms with E-state index in [9.17, 15) is 5.11 Å². The number of nitrogens with zero attached hydrogens (tertiary/aromatic N) is 1. The summed E-state index contributed by atoms with van der Waals surface area (Å²) >= 11 is 0. The first kappa shape index (κ1) is 14.9. The normalized spacial score (nSPS) is 15.6. The van der Waals surface area contributed by atoms with Gasteiger partial charge in [-0.2, -0.15) is 0 Å². The van der Waals surface area contributed by atoms with Crippen molar-refractivity contribution in [3.8, 4) is 0 Å². The Hall–Kier alpha value is -0.120. The molecular weight excluding hydrogens is 188 g/mol. The zero-order chi connectivity index (χ0) is 11.7. The highest BCUT2D eigenvalue weighted by molar-refractivity contribution is 4.81. The molecule has 92 valence electrons. The van der Waals surface area contributed by atoms with E-state index < -0.39 is 0 Å². The van der Waals surface area contributed by atoms with E-state index in [1.54, 1.807) is 0 Å². The Kier molecular flexibility index (Phi) is 8.02. The third-order valence-corrected chi connectivity index (χ3v) is 3.14. The van der Waals surface area contributed by atoms with E-state index in [1.807, 2.05) is 7.05 Å². The largest absolute Gasteiger partial charge is 0.394 e. The molecule has 0 aliphatic rings. The molecule has 0 fully saturated rings. The topological polar surface area (TPSA) is 35.5 Å². The number of unbranched alkanes of at least 4 members (excludes halogenated alkanes) is 2. The van der Waals surface area contributed by atoms with Gasteiger partial charge in [0.15, 0.2) is 0 Å². The first-order chi connectivity index (χ1) is 7.08. The minimum Gasteiger partial charge on any atom is -0.394 e. The van der Waals surface area contributed by atoms with Gasteiger partial charge < -0.3 is 15.3 Å². The third kappa shape index (κ3) is 6.88. The average Bonchev–Trinajstić information content (AvgIpc) is 2.26. The average molecular weight is 216 g/mol.